The summed E-state index contributed by atoms with van der Waals surface area (Å²) in [5, 5.41) is 8.76. The molecule has 0 aromatic heterocycles. The molecular formula is C24H42O3. The van der Waals surface area contributed by atoms with E-state index in [1.807, 2.05) is 0 Å². The fourth-order valence-electron chi connectivity index (χ4n) is 4.58. The molecule has 0 radical (unpaired) electrons. The predicted octanol–water partition coefficient (Wildman–Crippen LogP) is 7.05. The second kappa shape index (κ2) is 13.4. The van der Waals surface area contributed by atoms with Gasteiger partial charge in [0.15, 0.2) is 0 Å². The Morgan fingerprint density at radius 1 is 1.00 bits per heavy atom. The highest BCUT2D eigenvalue weighted by atomic mass is 16.6. The van der Waals surface area contributed by atoms with Gasteiger partial charge in [0.2, 0.25) is 0 Å². The zero-order chi connectivity index (χ0) is 19.3. The van der Waals surface area contributed by atoms with Gasteiger partial charge in [0.05, 0.1) is 6.10 Å². The molecule has 3 heteroatoms. The molecule has 0 unspecified atom stereocenters. The summed E-state index contributed by atoms with van der Waals surface area (Å²) in [5.74, 6) is -0.0832. The molecule has 2 rings (SSSR count). The first-order valence-corrected chi connectivity index (χ1v) is 11.8. The maximum absolute atomic E-state index is 10.6. The molecule has 0 amide bonds. The summed E-state index contributed by atoms with van der Waals surface area (Å²) in [4.78, 5) is 10.6. The van der Waals surface area contributed by atoms with Crippen molar-refractivity contribution < 1.29 is 14.6 Å². The lowest BCUT2D eigenvalue weighted by atomic mass is 9.82. The van der Waals surface area contributed by atoms with Crippen LogP contribution >= 0.6 is 0 Å². The number of fused-ring (bicyclic) bond motifs is 1. The van der Waals surface area contributed by atoms with Crippen molar-refractivity contribution in [2.24, 2.45) is 5.92 Å². The van der Waals surface area contributed by atoms with Gasteiger partial charge in [-0.1, -0.05) is 77.2 Å². The van der Waals surface area contributed by atoms with Crippen LogP contribution in [0.2, 0.25) is 0 Å². The fraction of sp³-hybridized carbons (Fsp3) is 0.875. The minimum atomic E-state index is -0.674. The molecule has 3 nitrogen and oxygen atoms in total. The van der Waals surface area contributed by atoms with Gasteiger partial charge in [-0.3, -0.25) is 4.79 Å². The summed E-state index contributed by atoms with van der Waals surface area (Å²) in [6, 6.07) is 0. The molecular weight excluding hydrogens is 336 g/mol. The van der Waals surface area contributed by atoms with Gasteiger partial charge in [0, 0.05) is 6.42 Å². The van der Waals surface area contributed by atoms with Gasteiger partial charge in [-0.25, -0.2) is 0 Å². The summed E-state index contributed by atoms with van der Waals surface area (Å²) < 4.78 is 5.90. The molecule has 3 atom stereocenters. The lowest BCUT2D eigenvalue weighted by molar-refractivity contribution is -0.137. The monoisotopic (exact) mass is 378 g/mol. The molecule has 1 aliphatic heterocycles. The van der Waals surface area contributed by atoms with Crippen LogP contribution in [0.4, 0.5) is 0 Å². The lowest BCUT2D eigenvalue weighted by Crippen LogP contribution is -2.18. The minimum Gasteiger partial charge on any atom is -0.481 e. The van der Waals surface area contributed by atoms with E-state index in [4.69, 9.17) is 9.84 Å². The molecule has 1 saturated heterocycles. The second-order valence-corrected chi connectivity index (χ2v) is 8.71. The van der Waals surface area contributed by atoms with E-state index < -0.39 is 5.97 Å². The van der Waals surface area contributed by atoms with Crippen molar-refractivity contribution in [2.45, 2.75) is 128 Å². The van der Waals surface area contributed by atoms with E-state index in [1.165, 1.54) is 89.0 Å². The number of epoxide rings is 1. The quantitative estimate of drug-likeness (QED) is 0.178. The van der Waals surface area contributed by atoms with E-state index in [2.05, 4.69) is 13.0 Å². The summed E-state index contributed by atoms with van der Waals surface area (Å²) >= 11 is 0. The standard InChI is InChI=1S/C24H42O3/c1-2-3-4-5-6-7-8-9-10-11-12-13-15-20-18-19-21(24-23(20)27-24)16-14-17-22(25)26/h15,21,23-24H,2-14,16-19H2,1H3,(H,25,26)/b20-15+/t21-,23+,24-/m0/s1. The van der Waals surface area contributed by atoms with Gasteiger partial charge >= 0.3 is 5.97 Å². The van der Waals surface area contributed by atoms with Gasteiger partial charge in [-0.15, -0.1) is 0 Å². The molecule has 1 N–H and O–H groups in total. The van der Waals surface area contributed by atoms with Crippen molar-refractivity contribution in [3.63, 3.8) is 0 Å². The zero-order valence-electron chi connectivity index (χ0n) is 17.6. The normalized spacial score (nSPS) is 25.5. The Hall–Kier alpha value is -0.830. The topological polar surface area (TPSA) is 49.8 Å². The number of ether oxygens (including phenoxy) is 1. The maximum atomic E-state index is 10.6. The van der Waals surface area contributed by atoms with Crippen molar-refractivity contribution in [1.29, 1.82) is 0 Å². The molecule has 1 saturated carbocycles. The molecule has 1 heterocycles. The first-order chi connectivity index (χ1) is 13.2. The Morgan fingerprint density at radius 2 is 1.63 bits per heavy atom. The molecule has 0 spiro atoms. The lowest BCUT2D eigenvalue weighted by Gasteiger charge is -2.19. The third-order valence-corrected chi connectivity index (χ3v) is 6.34. The van der Waals surface area contributed by atoms with Crippen LogP contribution in [0.5, 0.6) is 0 Å². The number of hydrogen-bond acceptors (Lipinski definition) is 2. The number of rotatable bonds is 16. The number of carboxylic acid groups (broad SMARTS) is 1. The molecule has 27 heavy (non-hydrogen) atoms. The number of carbonyl (C=O) groups is 1. The molecule has 156 valence electrons. The van der Waals surface area contributed by atoms with E-state index in [-0.39, 0.29) is 0 Å². The Bertz CT molecular complexity index is 443. The number of unbranched alkanes of at least 4 members (excludes halogenated alkanes) is 11. The molecule has 1 aliphatic carbocycles. The van der Waals surface area contributed by atoms with Crippen molar-refractivity contribution in [1.82, 2.24) is 0 Å². The average molecular weight is 379 g/mol. The summed E-state index contributed by atoms with van der Waals surface area (Å²) in [7, 11) is 0. The molecule has 0 aromatic carbocycles. The highest BCUT2D eigenvalue weighted by molar-refractivity contribution is 5.66. The first kappa shape index (κ1) is 22.5. The van der Waals surface area contributed by atoms with E-state index in [0.29, 0.717) is 24.5 Å². The van der Waals surface area contributed by atoms with Crippen molar-refractivity contribution in [2.75, 3.05) is 0 Å². The van der Waals surface area contributed by atoms with Crippen LogP contribution in [0, 0.1) is 5.92 Å². The highest BCUT2D eigenvalue weighted by Gasteiger charge is 2.49. The molecule has 2 aliphatic rings. The van der Waals surface area contributed by atoms with Crippen molar-refractivity contribution in [3.05, 3.63) is 11.6 Å². The third kappa shape index (κ3) is 9.27. The van der Waals surface area contributed by atoms with Gasteiger partial charge in [0.25, 0.3) is 0 Å². The van der Waals surface area contributed by atoms with Gasteiger partial charge < -0.3 is 9.84 Å². The van der Waals surface area contributed by atoms with Crippen LogP contribution in [-0.4, -0.2) is 23.3 Å². The van der Waals surface area contributed by atoms with Crippen LogP contribution < -0.4 is 0 Å². The molecule has 0 bridgehead atoms. The Balaban J connectivity index is 1.43. The van der Waals surface area contributed by atoms with Gasteiger partial charge in [-0.2, -0.15) is 0 Å². The first-order valence-electron chi connectivity index (χ1n) is 11.8. The number of hydrogen-bond donors (Lipinski definition) is 1. The van der Waals surface area contributed by atoms with Crippen LogP contribution in [0.3, 0.4) is 0 Å². The highest BCUT2D eigenvalue weighted by Crippen LogP contribution is 2.46. The third-order valence-electron chi connectivity index (χ3n) is 6.34. The summed E-state index contributed by atoms with van der Waals surface area (Å²) in [5.41, 5.74) is 1.53. The predicted molar refractivity (Wildman–Crippen MR) is 112 cm³/mol. The smallest absolute Gasteiger partial charge is 0.303 e. The average Bonchev–Trinajstić information content (AvgIpc) is 3.45. The largest absolute Gasteiger partial charge is 0.481 e. The number of allylic oxidation sites excluding steroid dienone is 1. The number of carboxylic acids is 1. The van der Waals surface area contributed by atoms with Crippen molar-refractivity contribution >= 4 is 5.97 Å². The van der Waals surface area contributed by atoms with E-state index in [1.54, 1.807) is 0 Å². The Labute approximate surface area is 167 Å². The fourth-order valence-corrected chi connectivity index (χ4v) is 4.58. The van der Waals surface area contributed by atoms with Gasteiger partial charge in [0.1, 0.15) is 6.10 Å². The van der Waals surface area contributed by atoms with Crippen LogP contribution in [0.25, 0.3) is 0 Å². The van der Waals surface area contributed by atoms with Crippen molar-refractivity contribution in [3.8, 4) is 0 Å². The van der Waals surface area contributed by atoms with E-state index in [9.17, 15) is 4.79 Å². The summed E-state index contributed by atoms with van der Waals surface area (Å²) in [6.45, 7) is 2.28. The van der Waals surface area contributed by atoms with E-state index in [0.717, 1.165) is 19.3 Å². The molecule has 2 fully saturated rings. The van der Waals surface area contributed by atoms with Crippen LogP contribution in [-0.2, 0) is 9.53 Å². The maximum Gasteiger partial charge on any atom is 0.303 e. The number of aliphatic carboxylic acids is 1. The Morgan fingerprint density at radius 3 is 2.26 bits per heavy atom. The second-order valence-electron chi connectivity index (χ2n) is 8.71. The van der Waals surface area contributed by atoms with Crippen LogP contribution in [0.1, 0.15) is 116 Å². The van der Waals surface area contributed by atoms with Gasteiger partial charge in [-0.05, 0) is 50.0 Å². The minimum absolute atomic E-state index is 0.301. The SMILES string of the molecule is CCCCCCCCCCCCC/C=C1\CC[C@H](CCCC(=O)O)[C@@H]2O[C@H]12. The molecule has 0 aromatic rings. The van der Waals surface area contributed by atoms with E-state index >= 15 is 0 Å². The zero-order valence-corrected chi connectivity index (χ0v) is 17.6. The van der Waals surface area contributed by atoms with Crippen LogP contribution in [0.15, 0.2) is 11.6 Å². The Kier molecular flexibility index (Phi) is 11.1. The summed E-state index contributed by atoms with van der Waals surface area (Å²) in [6.07, 6.45) is 24.3.